The molecule has 1 amide bonds. The Bertz CT molecular complexity index is 611. The maximum Gasteiger partial charge on any atom is 0.253 e. The maximum atomic E-state index is 12.3. The molecule has 1 heterocycles. The van der Waals surface area contributed by atoms with Crippen LogP contribution >= 0.6 is 38.9 Å². The van der Waals surface area contributed by atoms with Crippen LogP contribution in [0.3, 0.4) is 0 Å². The van der Waals surface area contributed by atoms with Gasteiger partial charge in [0.05, 0.1) is 10.9 Å². The first kappa shape index (κ1) is 14.6. The molecule has 2 nitrogen and oxygen atoms in total. The third-order valence-electron chi connectivity index (χ3n) is 2.77. The molecule has 0 bridgehead atoms. The summed E-state index contributed by atoms with van der Waals surface area (Å²) in [5.41, 5.74) is 1.75. The van der Waals surface area contributed by atoms with Crippen molar-refractivity contribution in [2.45, 2.75) is 13.5 Å². The van der Waals surface area contributed by atoms with Crippen molar-refractivity contribution in [3.63, 3.8) is 0 Å². The summed E-state index contributed by atoms with van der Waals surface area (Å²) in [6.45, 7) is 2.55. The molecule has 0 atom stereocenters. The van der Waals surface area contributed by atoms with Gasteiger partial charge in [-0.3, -0.25) is 4.79 Å². The number of amides is 1. The molecular weight excluding hydrogens is 346 g/mol. The van der Waals surface area contributed by atoms with Gasteiger partial charge in [0.2, 0.25) is 0 Å². The summed E-state index contributed by atoms with van der Waals surface area (Å²) in [4.78, 5) is 15.1. The second kappa shape index (κ2) is 6.07. The maximum absolute atomic E-state index is 12.3. The zero-order valence-corrected chi connectivity index (χ0v) is 13.8. The van der Waals surface area contributed by atoms with Crippen molar-refractivity contribution in [1.82, 2.24) is 4.90 Å². The fourth-order valence-electron chi connectivity index (χ4n) is 1.74. The molecule has 0 fully saturated rings. The van der Waals surface area contributed by atoms with Crippen molar-refractivity contribution in [3.05, 3.63) is 55.1 Å². The second-order valence-corrected chi connectivity index (χ2v) is 6.98. The van der Waals surface area contributed by atoms with Gasteiger partial charge in [-0.25, -0.2) is 0 Å². The van der Waals surface area contributed by atoms with E-state index < -0.39 is 0 Å². The molecule has 19 heavy (non-hydrogen) atoms. The van der Waals surface area contributed by atoms with E-state index in [1.165, 1.54) is 11.3 Å². The lowest BCUT2D eigenvalue weighted by Gasteiger charge is -2.16. The summed E-state index contributed by atoms with van der Waals surface area (Å²) in [5, 5.41) is 0. The highest BCUT2D eigenvalue weighted by Crippen LogP contribution is 2.23. The first-order valence-corrected chi connectivity index (χ1v) is 7.72. The first-order chi connectivity index (χ1) is 8.97. The number of hydrogen-bond acceptors (Lipinski definition) is 2. The summed E-state index contributed by atoms with van der Waals surface area (Å²) >= 11 is 10.8. The number of thiophene rings is 1. The Hall–Kier alpha value is -0.840. The Morgan fingerprint density at radius 2 is 2.11 bits per heavy atom. The number of rotatable bonds is 3. The Kier molecular flexibility index (Phi) is 4.66. The van der Waals surface area contributed by atoms with Gasteiger partial charge in [0.1, 0.15) is 0 Å². The van der Waals surface area contributed by atoms with Crippen LogP contribution in [0, 0.1) is 6.92 Å². The minimum Gasteiger partial charge on any atom is -0.337 e. The van der Waals surface area contributed by atoms with Crippen LogP contribution < -0.4 is 0 Å². The van der Waals surface area contributed by atoms with Crippen molar-refractivity contribution >= 4 is 44.8 Å². The molecule has 0 aliphatic carbocycles. The van der Waals surface area contributed by atoms with Crippen LogP contribution in [0.5, 0.6) is 0 Å². The van der Waals surface area contributed by atoms with E-state index in [0.717, 1.165) is 19.2 Å². The van der Waals surface area contributed by atoms with Crippen molar-refractivity contribution in [3.8, 4) is 0 Å². The van der Waals surface area contributed by atoms with Crippen LogP contribution in [0.2, 0.25) is 4.34 Å². The van der Waals surface area contributed by atoms with Gasteiger partial charge in [-0.15, -0.1) is 11.3 Å². The number of benzene rings is 1. The van der Waals surface area contributed by atoms with Crippen LogP contribution in [-0.2, 0) is 6.54 Å². The number of nitrogens with zero attached hydrogens (tertiary/aromatic N) is 1. The van der Waals surface area contributed by atoms with Crippen molar-refractivity contribution in [1.29, 1.82) is 0 Å². The summed E-state index contributed by atoms with van der Waals surface area (Å²) in [6, 6.07) is 9.42. The van der Waals surface area contributed by atoms with Crippen LogP contribution in [0.25, 0.3) is 0 Å². The highest BCUT2D eigenvalue weighted by atomic mass is 79.9. The summed E-state index contributed by atoms with van der Waals surface area (Å²) in [7, 11) is 1.80. The number of hydrogen-bond donors (Lipinski definition) is 0. The van der Waals surface area contributed by atoms with Gasteiger partial charge in [-0.05, 0) is 42.8 Å². The Balaban J connectivity index is 2.12. The Morgan fingerprint density at radius 1 is 1.37 bits per heavy atom. The Labute approximate surface area is 130 Å². The zero-order chi connectivity index (χ0) is 14.0. The monoisotopic (exact) mass is 357 g/mol. The van der Waals surface area contributed by atoms with Gasteiger partial charge in [-0.2, -0.15) is 0 Å². The van der Waals surface area contributed by atoms with Crippen molar-refractivity contribution in [2.24, 2.45) is 0 Å². The molecule has 0 radical (unpaired) electrons. The zero-order valence-electron chi connectivity index (χ0n) is 10.6. The third-order valence-corrected chi connectivity index (χ3v) is 4.88. The quantitative estimate of drug-likeness (QED) is 0.775. The molecular formula is C14H13BrClNOS. The van der Waals surface area contributed by atoms with Crippen LogP contribution in [-0.4, -0.2) is 17.9 Å². The number of carbonyl (C=O) groups excluding carboxylic acids is 1. The molecule has 2 aromatic rings. The highest BCUT2D eigenvalue weighted by Gasteiger charge is 2.13. The molecule has 0 spiro atoms. The fraction of sp³-hybridized carbons (Fsp3) is 0.214. The van der Waals surface area contributed by atoms with Crippen molar-refractivity contribution in [2.75, 3.05) is 7.05 Å². The normalized spacial score (nSPS) is 10.5. The molecule has 1 aromatic heterocycles. The van der Waals surface area contributed by atoms with Crippen molar-refractivity contribution < 1.29 is 4.79 Å². The molecule has 0 aliphatic rings. The van der Waals surface area contributed by atoms with E-state index in [9.17, 15) is 4.79 Å². The van der Waals surface area contributed by atoms with E-state index in [0.29, 0.717) is 12.1 Å². The average Bonchev–Trinajstić information content (AvgIpc) is 2.77. The van der Waals surface area contributed by atoms with Gasteiger partial charge in [0.25, 0.3) is 5.91 Å². The van der Waals surface area contributed by atoms with E-state index in [4.69, 9.17) is 11.6 Å². The minimum absolute atomic E-state index is 0.0140. The van der Waals surface area contributed by atoms with Gasteiger partial charge < -0.3 is 4.90 Å². The van der Waals surface area contributed by atoms with Gasteiger partial charge >= 0.3 is 0 Å². The number of aryl methyl sites for hydroxylation is 1. The average molecular weight is 359 g/mol. The predicted molar refractivity (Wildman–Crippen MR) is 84.0 cm³/mol. The van der Waals surface area contributed by atoms with E-state index in [-0.39, 0.29) is 5.91 Å². The molecule has 0 saturated carbocycles. The van der Waals surface area contributed by atoms with Gasteiger partial charge in [0, 0.05) is 22.0 Å². The molecule has 0 N–H and O–H groups in total. The third kappa shape index (κ3) is 3.59. The lowest BCUT2D eigenvalue weighted by Crippen LogP contribution is -2.25. The largest absolute Gasteiger partial charge is 0.337 e. The van der Waals surface area contributed by atoms with Crippen LogP contribution in [0.4, 0.5) is 0 Å². The fourth-order valence-corrected chi connectivity index (χ4v) is 3.13. The molecule has 5 heteroatoms. The molecule has 0 unspecified atom stereocenters. The SMILES string of the molecule is Cc1cc(C(=O)N(C)Cc2ccc(Cl)s2)ccc1Br. The van der Waals surface area contributed by atoms with Crippen LogP contribution in [0.15, 0.2) is 34.8 Å². The lowest BCUT2D eigenvalue weighted by atomic mass is 10.1. The molecule has 0 saturated heterocycles. The molecule has 100 valence electrons. The predicted octanol–water partition coefficient (Wildman–Crippen LogP) is 4.74. The standard InChI is InChI=1S/C14H13BrClNOS/c1-9-7-10(3-5-12(9)15)14(18)17(2)8-11-4-6-13(16)19-11/h3-7H,8H2,1-2H3. The lowest BCUT2D eigenvalue weighted by molar-refractivity contribution is 0.0786. The summed E-state index contributed by atoms with van der Waals surface area (Å²) < 4.78 is 1.76. The minimum atomic E-state index is 0.0140. The topological polar surface area (TPSA) is 20.3 Å². The molecule has 2 rings (SSSR count). The smallest absolute Gasteiger partial charge is 0.253 e. The van der Waals surface area contributed by atoms with Gasteiger partial charge in [0.15, 0.2) is 0 Å². The van der Waals surface area contributed by atoms with E-state index in [2.05, 4.69) is 15.9 Å². The van der Waals surface area contributed by atoms with Gasteiger partial charge in [-0.1, -0.05) is 27.5 Å². The van der Waals surface area contributed by atoms with E-state index in [1.807, 2.05) is 37.3 Å². The highest BCUT2D eigenvalue weighted by molar-refractivity contribution is 9.10. The number of carbonyl (C=O) groups is 1. The summed E-state index contributed by atoms with van der Waals surface area (Å²) in [5.74, 6) is 0.0140. The second-order valence-electron chi connectivity index (χ2n) is 4.33. The van der Waals surface area contributed by atoms with E-state index in [1.54, 1.807) is 11.9 Å². The first-order valence-electron chi connectivity index (χ1n) is 5.73. The Morgan fingerprint density at radius 3 is 2.68 bits per heavy atom. The molecule has 0 aliphatic heterocycles. The number of halogens is 2. The van der Waals surface area contributed by atoms with Crippen LogP contribution in [0.1, 0.15) is 20.8 Å². The summed E-state index contributed by atoms with van der Waals surface area (Å²) in [6.07, 6.45) is 0. The molecule has 1 aromatic carbocycles. The van der Waals surface area contributed by atoms with E-state index >= 15 is 0 Å².